The van der Waals surface area contributed by atoms with E-state index in [1.807, 2.05) is 20.8 Å². The lowest BCUT2D eigenvalue weighted by Gasteiger charge is -2.18. The number of pyridine rings is 1. The van der Waals surface area contributed by atoms with Gasteiger partial charge in [0.1, 0.15) is 11.2 Å². The highest BCUT2D eigenvalue weighted by molar-refractivity contribution is 7.27. The maximum Gasteiger partial charge on any atom is 0.296 e. The number of aromatic nitrogens is 4. The van der Waals surface area contributed by atoms with Gasteiger partial charge in [0.2, 0.25) is 11.6 Å². The molecular formula is C38H41N4OS+. The second-order valence-electron chi connectivity index (χ2n) is 13.6. The summed E-state index contributed by atoms with van der Waals surface area (Å²) in [7, 11) is 2.13. The van der Waals surface area contributed by atoms with E-state index in [0.29, 0.717) is 28.6 Å². The van der Waals surface area contributed by atoms with E-state index in [1.165, 1.54) is 16.8 Å². The van der Waals surface area contributed by atoms with E-state index >= 15 is 0 Å². The number of rotatable bonds is 4. The first-order chi connectivity index (χ1) is 22.1. The van der Waals surface area contributed by atoms with Gasteiger partial charge in [-0.05, 0) is 43.3 Å². The monoisotopic (exact) mass is 604 g/mol. The Balaban J connectivity index is 1.69. The van der Waals surface area contributed by atoms with Gasteiger partial charge in [0.05, 0.1) is 27.7 Å². The minimum atomic E-state index is -2.44. The largest absolute Gasteiger partial charge is 0.422 e. The Hall–Kier alpha value is -4.03. The van der Waals surface area contributed by atoms with Gasteiger partial charge in [0, 0.05) is 31.4 Å². The summed E-state index contributed by atoms with van der Waals surface area (Å²) in [6.07, 6.45) is 0. The number of imidazole rings is 1. The number of benzene rings is 3. The average Bonchev–Trinajstić information content (AvgIpc) is 3.68. The maximum absolute atomic E-state index is 8.52. The van der Waals surface area contributed by atoms with Crippen LogP contribution in [0, 0.1) is 13.8 Å². The highest BCUT2D eigenvalue weighted by Crippen LogP contribution is 2.46. The van der Waals surface area contributed by atoms with Crippen molar-refractivity contribution >= 4 is 53.8 Å². The van der Waals surface area contributed by atoms with Crippen molar-refractivity contribution in [2.24, 2.45) is 7.05 Å². The molecule has 44 heavy (non-hydrogen) atoms. The fourth-order valence-corrected chi connectivity index (χ4v) is 7.92. The summed E-state index contributed by atoms with van der Waals surface area (Å²) < 4.78 is 38.2. The Morgan fingerprint density at radius 1 is 0.909 bits per heavy atom. The number of nitrogens with zero attached hydrogens (tertiary/aromatic N) is 4. The van der Waals surface area contributed by atoms with Crippen LogP contribution in [0.4, 0.5) is 0 Å². The first kappa shape index (κ1) is 25.3. The van der Waals surface area contributed by atoms with Crippen LogP contribution in [0.3, 0.4) is 0 Å². The minimum absolute atomic E-state index is 0.0508. The summed E-state index contributed by atoms with van der Waals surface area (Å²) in [6.45, 7) is 14.8. The van der Waals surface area contributed by atoms with E-state index < -0.39 is 6.85 Å². The van der Waals surface area contributed by atoms with Gasteiger partial charge in [0.15, 0.2) is 11.0 Å². The van der Waals surface area contributed by atoms with Gasteiger partial charge in [-0.25, -0.2) is 14.5 Å². The van der Waals surface area contributed by atoms with E-state index in [9.17, 15) is 0 Å². The average molecular weight is 605 g/mol. The molecule has 0 saturated heterocycles. The van der Waals surface area contributed by atoms with Gasteiger partial charge in [-0.1, -0.05) is 90.9 Å². The van der Waals surface area contributed by atoms with E-state index in [2.05, 4.69) is 110 Å². The standard InChI is InChI=1S/C38H41N4OS/c1-20(2)24-14-13-15-25(21(3)4)32(24)42-28-17-12-11-16-27(28)41(10)36(42)29-22(5)18-19-26-30-23(6)39-35-31(34(30)44-33(26)29)40-37(43-35)38(7,8)9/h11-21H,1-10H3/q+1/i6D3. The van der Waals surface area contributed by atoms with Crippen molar-refractivity contribution in [1.29, 1.82) is 0 Å². The molecule has 7 aromatic rings. The Morgan fingerprint density at radius 3 is 2.27 bits per heavy atom. The second kappa shape index (κ2) is 10.00. The molecule has 7 rings (SSSR count). The van der Waals surface area contributed by atoms with Crippen LogP contribution in [-0.4, -0.2) is 14.5 Å². The molecule has 0 atom stereocenters. The van der Waals surface area contributed by atoms with Crippen molar-refractivity contribution in [2.75, 3.05) is 0 Å². The molecule has 4 heterocycles. The minimum Gasteiger partial charge on any atom is -0.422 e. The zero-order valence-electron chi connectivity index (χ0n) is 30.0. The second-order valence-corrected chi connectivity index (χ2v) is 14.6. The predicted octanol–water partition coefficient (Wildman–Crippen LogP) is 10.2. The first-order valence-electron chi connectivity index (χ1n) is 16.9. The first-order valence-corrected chi connectivity index (χ1v) is 16.2. The summed E-state index contributed by atoms with van der Waals surface area (Å²) in [4.78, 5) is 9.56. The molecule has 0 bridgehead atoms. The van der Waals surface area contributed by atoms with Crippen LogP contribution in [0.5, 0.6) is 0 Å². The third-order valence-corrected chi connectivity index (χ3v) is 10.0. The Labute approximate surface area is 267 Å². The van der Waals surface area contributed by atoms with Gasteiger partial charge in [0.25, 0.3) is 5.82 Å². The number of aryl methyl sites for hydroxylation is 3. The SMILES string of the molecule is [2H]C([2H])([2H])c1nc2oc(C(C)(C)C)nc2c2sc3c(-c4n(-c5c(C(C)C)cccc5C(C)C)c5ccccc5[n+]4C)c(C)ccc3c12. The summed E-state index contributed by atoms with van der Waals surface area (Å²) in [5.74, 6) is 2.19. The number of thiophene rings is 1. The van der Waals surface area contributed by atoms with Gasteiger partial charge >= 0.3 is 0 Å². The molecule has 0 fully saturated rings. The van der Waals surface area contributed by atoms with E-state index in [4.69, 9.17) is 13.5 Å². The van der Waals surface area contributed by atoms with Crippen molar-refractivity contribution in [3.05, 3.63) is 82.9 Å². The summed E-state index contributed by atoms with van der Waals surface area (Å²) >= 11 is 1.59. The molecule has 0 amide bonds. The van der Waals surface area contributed by atoms with Crippen LogP contribution < -0.4 is 4.57 Å². The molecule has 0 radical (unpaired) electrons. The van der Waals surface area contributed by atoms with E-state index in [-0.39, 0.29) is 16.8 Å². The summed E-state index contributed by atoms with van der Waals surface area (Å²) in [6, 6.07) is 19.4. The highest BCUT2D eigenvalue weighted by atomic mass is 32.1. The van der Waals surface area contributed by atoms with Crippen LogP contribution in [0.15, 0.2) is 59.0 Å². The van der Waals surface area contributed by atoms with E-state index in [1.54, 1.807) is 11.3 Å². The number of hydrogen-bond donors (Lipinski definition) is 0. The van der Waals surface area contributed by atoms with Gasteiger partial charge in [-0.2, -0.15) is 4.57 Å². The Bertz CT molecular complexity index is 2340. The Kier molecular flexibility index (Phi) is 5.75. The molecule has 0 aliphatic carbocycles. The molecule has 0 spiro atoms. The lowest BCUT2D eigenvalue weighted by Crippen LogP contribution is -2.30. The number of hydrogen-bond acceptors (Lipinski definition) is 4. The molecule has 0 aliphatic heterocycles. The lowest BCUT2D eigenvalue weighted by molar-refractivity contribution is -0.633. The van der Waals surface area contributed by atoms with Crippen molar-refractivity contribution in [2.45, 2.75) is 79.5 Å². The van der Waals surface area contributed by atoms with Crippen molar-refractivity contribution in [3.8, 4) is 17.1 Å². The normalized spacial score (nSPS) is 14.0. The molecule has 0 aliphatic rings. The third-order valence-electron chi connectivity index (χ3n) is 8.79. The molecule has 0 unspecified atom stereocenters. The topological polar surface area (TPSA) is 47.7 Å². The fourth-order valence-electron chi connectivity index (χ4n) is 6.54. The van der Waals surface area contributed by atoms with Gasteiger partial charge in [-0.3, -0.25) is 0 Å². The smallest absolute Gasteiger partial charge is 0.296 e. The summed E-state index contributed by atoms with van der Waals surface area (Å²) in [5, 5.41) is 1.49. The van der Waals surface area contributed by atoms with Gasteiger partial charge in [-0.15, -0.1) is 11.3 Å². The number of fused-ring (bicyclic) bond motifs is 6. The maximum atomic E-state index is 8.52. The molecule has 224 valence electrons. The molecule has 4 aromatic heterocycles. The summed E-state index contributed by atoms with van der Waals surface area (Å²) in [5.41, 5.74) is 8.76. The zero-order valence-corrected chi connectivity index (χ0v) is 27.8. The number of oxazole rings is 1. The molecule has 0 saturated carbocycles. The van der Waals surface area contributed by atoms with Crippen molar-refractivity contribution in [1.82, 2.24) is 14.5 Å². The van der Waals surface area contributed by atoms with Crippen molar-refractivity contribution in [3.63, 3.8) is 0 Å². The van der Waals surface area contributed by atoms with Crippen LogP contribution in [0.2, 0.25) is 0 Å². The van der Waals surface area contributed by atoms with Crippen LogP contribution >= 0.6 is 11.3 Å². The predicted molar refractivity (Wildman–Crippen MR) is 184 cm³/mol. The van der Waals surface area contributed by atoms with Crippen LogP contribution in [-0.2, 0) is 12.5 Å². The molecule has 5 nitrogen and oxygen atoms in total. The quantitative estimate of drug-likeness (QED) is 0.188. The molecule has 3 aromatic carbocycles. The van der Waals surface area contributed by atoms with Gasteiger partial charge < -0.3 is 4.42 Å². The van der Waals surface area contributed by atoms with E-state index in [0.717, 1.165) is 42.8 Å². The zero-order chi connectivity index (χ0) is 33.7. The third kappa shape index (κ3) is 4.14. The molecular weight excluding hydrogens is 561 g/mol. The van der Waals surface area contributed by atoms with Crippen molar-refractivity contribution < 1.29 is 13.1 Å². The lowest BCUT2D eigenvalue weighted by atomic mass is 9.92. The highest BCUT2D eigenvalue weighted by Gasteiger charge is 2.33. The molecule has 0 N–H and O–H groups in total. The fraction of sp³-hybridized carbons (Fsp3) is 0.342. The number of para-hydroxylation sites is 3. The Morgan fingerprint density at radius 2 is 1.61 bits per heavy atom. The van der Waals surface area contributed by atoms with Crippen LogP contribution in [0.25, 0.3) is 59.5 Å². The van der Waals surface area contributed by atoms with Crippen LogP contribution in [0.1, 0.15) is 92.7 Å². The molecule has 6 heteroatoms.